The van der Waals surface area contributed by atoms with Crippen LogP contribution in [0.25, 0.3) is 0 Å². The van der Waals surface area contributed by atoms with Gasteiger partial charge in [0.2, 0.25) is 10.0 Å². The average Bonchev–Trinajstić information content (AvgIpc) is 2.90. The van der Waals surface area contributed by atoms with Gasteiger partial charge in [-0.15, -0.1) is 11.8 Å². The van der Waals surface area contributed by atoms with Crippen LogP contribution in [-0.2, 0) is 14.8 Å². The lowest BCUT2D eigenvalue weighted by molar-refractivity contribution is -0.0440. The van der Waals surface area contributed by atoms with E-state index in [1.807, 2.05) is 32.0 Å². The second-order valence-corrected chi connectivity index (χ2v) is 12.2. The first-order valence-electron chi connectivity index (χ1n) is 10.7. The van der Waals surface area contributed by atoms with Crippen molar-refractivity contribution in [3.63, 3.8) is 0 Å². The average molecular weight is 495 g/mol. The maximum absolute atomic E-state index is 13.4. The molecule has 0 unspecified atom stereocenters. The van der Waals surface area contributed by atoms with E-state index in [1.54, 1.807) is 28.8 Å². The van der Waals surface area contributed by atoms with E-state index in [4.69, 9.17) is 16.3 Å². The summed E-state index contributed by atoms with van der Waals surface area (Å²) in [5, 5.41) is 0.950. The van der Waals surface area contributed by atoms with Crippen molar-refractivity contribution < 1.29 is 17.9 Å². The van der Waals surface area contributed by atoms with E-state index in [0.717, 1.165) is 17.0 Å². The first kappa shape index (κ1) is 23.6. The topological polar surface area (TPSA) is 66.9 Å². The van der Waals surface area contributed by atoms with Crippen molar-refractivity contribution in [2.75, 3.05) is 24.5 Å². The van der Waals surface area contributed by atoms with Gasteiger partial charge in [-0.1, -0.05) is 18.5 Å². The van der Waals surface area contributed by atoms with Crippen LogP contribution in [0.4, 0.5) is 5.69 Å². The molecular formula is C23H27ClN2O4S2. The van der Waals surface area contributed by atoms with Crippen molar-refractivity contribution in [3.05, 3.63) is 53.1 Å². The number of amides is 1. The highest BCUT2D eigenvalue weighted by atomic mass is 35.5. The smallest absolute Gasteiger partial charge is 0.258 e. The zero-order valence-corrected chi connectivity index (χ0v) is 20.7. The van der Waals surface area contributed by atoms with Crippen molar-refractivity contribution in [2.45, 2.75) is 54.4 Å². The number of morpholine rings is 1. The van der Waals surface area contributed by atoms with Crippen LogP contribution < -0.4 is 4.90 Å². The second-order valence-electron chi connectivity index (χ2n) is 8.39. The van der Waals surface area contributed by atoms with Gasteiger partial charge in [0, 0.05) is 40.4 Å². The third-order valence-corrected chi connectivity index (χ3v) is 8.99. The summed E-state index contributed by atoms with van der Waals surface area (Å²) in [4.78, 5) is 16.3. The Bertz CT molecular complexity index is 1100. The highest BCUT2D eigenvalue weighted by Crippen LogP contribution is 2.39. The van der Waals surface area contributed by atoms with E-state index < -0.39 is 10.0 Å². The zero-order valence-electron chi connectivity index (χ0n) is 18.3. The van der Waals surface area contributed by atoms with Gasteiger partial charge in [-0.2, -0.15) is 4.31 Å². The minimum Gasteiger partial charge on any atom is -0.373 e. The van der Waals surface area contributed by atoms with Crippen molar-refractivity contribution in [1.29, 1.82) is 0 Å². The van der Waals surface area contributed by atoms with E-state index >= 15 is 0 Å². The lowest BCUT2D eigenvalue weighted by atomic mass is 10.1. The summed E-state index contributed by atoms with van der Waals surface area (Å²) >= 11 is 7.95. The van der Waals surface area contributed by atoms with E-state index in [2.05, 4.69) is 6.92 Å². The highest BCUT2D eigenvalue weighted by Gasteiger charge is 2.32. The second kappa shape index (κ2) is 9.35. The van der Waals surface area contributed by atoms with E-state index in [1.165, 1.54) is 16.4 Å². The van der Waals surface area contributed by atoms with Crippen LogP contribution in [0.5, 0.6) is 0 Å². The Morgan fingerprint density at radius 1 is 1.06 bits per heavy atom. The molecule has 0 spiro atoms. The number of hydrogen-bond acceptors (Lipinski definition) is 5. The van der Waals surface area contributed by atoms with E-state index in [0.29, 0.717) is 35.5 Å². The summed E-state index contributed by atoms with van der Waals surface area (Å²) in [5.74, 6) is -0.166. The fourth-order valence-electron chi connectivity index (χ4n) is 4.12. The fourth-order valence-corrected chi connectivity index (χ4v) is 6.97. The molecule has 32 heavy (non-hydrogen) atoms. The zero-order chi connectivity index (χ0) is 23.0. The Morgan fingerprint density at radius 2 is 1.72 bits per heavy atom. The van der Waals surface area contributed by atoms with Gasteiger partial charge in [0.05, 0.1) is 22.8 Å². The molecule has 9 heteroatoms. The Labute approximate surface area is 198 Å². The molecule has 1 saturated heterocycles. The number of nitrogens with zero attached hydrogens (tertiary/aromatic N) is 2. The lowest BCUT2D eigenvalue weighted by Gasteiger charge is -2.34. The van der Waals surface area contributed by atoms with Crippen molar-refractivity contribution in [2.24, 2.45) is 0 Å². The van der Waals surface area contributed by atoms with Crippen molar-refractivity contribution in [3.8, 4) is 0 Å². The molecule has 2 aromatic rings. The minimum absolute atomic E-state index is 0.162. The molecule has 0 radical (unpaired) electrons. The van der Waals surface area contributed by atoms with E-state index in [9.17, 15) is 13.2 Å². The molecule has 3 atom stereocenters. The molecule has 1 amide bonds. The van der Waals surface area contributed by atoms with Gasteiger partial charge in [0.15, 0.2) is 0 Å². The summed E-state index contributed by atoms with van der Waals surface area (Å²) < 4.78 is 33.3. The van der Waals surface area contributed by atoms with Crippen LogP contribution in [0, 0.1) is 0 Å². The summed E-state index contributed by atoms with van der Waals surface area (Å²) in [7, 11) is -3.65. The molecule has 0 N–H and O–H groups in total. The molecule has 6 nitrogen and oxygen atoms in total. The van der Waals surface area contributed by atoms with Gasteiger partial charge in [-0.05, 0) is 62.7 Å². The summed E-state index contributed by atoms with van der Waals surface area (Å²) in [6.07, 6.45) is 0.525. The Hall–Kier alpha value is -1.58. The van der Waals surface area contributed by atoms with Crippen LogP contribution in [0.2, 0.25) is 5.02 Å². The summed E-state index contributed by atoms with van der Waals surface area (Å²) in [5.41, 5.74) is 1.24. The number of hydrogen-bond donors (Lipinski definition) is 0. The maximum Gasteiger partial charge on any atom is 0.258 e. The molecule has 2 heterocycles. The SMILES string of the molecule is C[C@@H]1CN(S(=O)(=O)c2ccc(C(=O)N3CC[C@H](C)Sc4ccc(Cl)cc43)cc2)C[C@H](C)O1. The van der Waals surface area contributed by atoms with Crippen molar-refractivity contribution >= 4 is 45.0 Å². The standard InChI is InChI=1S/C23H27ClN2O4S2/c1-15-13-25(14-16(2)30-15)32(28,29)20-7-4-18(5-8-20)23(27)26-11-10-17(3)31-22-9-6-19(24)12-21(22)26/h4-9,12,15-17H,10-11,13-14H2,1-3H3/t15-,16+,17-/m0/s1. The predicted octanol–water partition coefficient (Wildman–Crippen LogP) is 4.67. The summed E-state index contributed by atoms with van der Waals surface area (Å²) in [6, 6.07) is 11.8. The fraction of sp³-hybridized carbons (Fsp3) is 0.435. The third kappa shape index (κ3) is 4.84. The molecule has 4 rings (SSSR count). The normalized spacial score (nSPS) is 24.6. The number of halogens is 1. The monoisotopic (exact) mass is 494 g/mol. The van der Waals surface area contributed by atoms with Gasteiger partial charge in [-0.3, -0.25) is 4.79 Å². The van der Waals surface area contributed by atoms with Gasteiger partial charge in [0.25, 0.3) is 5.91 Å². The number of sulfonamides is 1. The maximum atomic E-state index is 13.4. The van der Waals surface area contributed by atoms with Crippen LogP contribution in [0.3, 0.4) is 0 Å². The molecule has 2 aliphatic rings. The molecule has 2 aliphatic heterocycles. The van der Waals surface area contributed by atoms with Crippen LogP contribution in [0.15, 0.2) is 52.3 Å². The number of thioether (sulfide) groups is 1. The minimum atomic E-state index is -3.65. The number of fused-ring (bicyclic) bond motifs is 1. The molecule has 0 saturated carbocycles. The molecule has 0 aromatic heterocycles. The number of ether oxygens (including phenoxy) is 1. The molecular weight excluding hydrogens is 468 g/mol. The van der Waals surface area contributed by atoms with E-state index in [-0.39, 0.29) is 23.0 Å². The number of benzene rings is 2. The van der Waals surface area contributed by atoms with Gasteiger partial charge in [0.1, 0.15) is 0 Å². The quantitative estimate of drug-likeness (QED) is 0.620. The third-order valence-electron chi connectivity index (χ3n) is 5.67. The van der Waals surface area contributed by atoms with Crippen LogP contribution >= 0.6 is 23.4 Å². The molecule has 2 aromatic carbocycles. The number of anilines is 1. The largest absolute Gasteiger partial charge is 0.373 e. The van der Waals surface area contributed by atoms with Crippen LogP contribution in [-0.4, -0.2) is 55.7 Å². The summed E-state index contributed by atoms with van der Waals surface area (Å²) in [6.45, 7) is 7.08. The highest BCUT2D eigenvalue weighted by molar-refractivity contribution is 8.00. The van der Waals surface area contributed by atoms with Gasteiger partial charge < -0.3 is 9.64 Å². The number of carbonyl (C=O) groups excluding carboxylic acids is 1. The molecule has 0 bridgehead atoms. The Balaban J connectivity index is 1.59. The lowest BCUT2D eigenvalue weighted by Crippen LogP contribution is -2.48. The molecule has 1 fully saturated rings. The number of carbonyl (C=O) groups is 1. The molecule has 172 valence electrons. The first-order valence-corrected chi connectivity index (χ1v) is 13.4. The number of rotatable bonds is 3. The van der Waals surface area contributed by atoms with Gasteiger partial charge in [-0.25, -0.2) is 8.42 Å². The van der Waals surface area contributed by atoms with Gasteiger partial charge >= 0.3 is 0 Å². The van der Waals surface area contributed by atoms with Crippen molar-refractivity contribution in [1.82, 2.24) is 4.31 Å². The molecule has 0 aliphatic carbocycles. The Morgan fingerprint density at radius 3 is 2.38 bits per heavy atom. The first-order chi connectivity index (χ1) is 15.1. The van der Waals surface area contributed by atoms with Crippen LogP contribution in [0.1, 0.15) is 37.6 Å². The Kier molecular flexibility index (Phi) is 6.89. The predicted molar refractivity (Wildman–Crippen MR) is 128 cm³/mol.